The van der Waals surface area contributed by atoms with Crippen molar-refractivity contribution < 1.29 is 9.59 Å². The molecule has 2 amide bonds. The summed E-state index contributed by atoms with van der Waals surface area (Å²) in [5.74, 6) is -0.297. The van der Waals surface area contributed by atoms with Gasteiger partial charge < -0.3 is 10.2 Å². The number of carbonyl (C=O) groups excluding carboxylic acids is 2. The fourth-order valence-electron chi connectivity index (χ4n) is 3.10. The number of pyridine rings is 1. The second kappa shape index (κ2) is 6.77. The molecule has 6 heteroatoms. The summed E-state index contributed by atoms with van der Waals surface area (Å²) in [6.45, 7) is 1.04. The first-order valence-electron chi connectivity index (χ1n) is 8.33. The third-order valence-corrected chi connectivity index (χ3v) is 4.66. The number of amides is 2. The van der Waals surface area contributed by atoms with Crippen LogP contribution < -0.4 is 5.32 Å². The van der Waals surface area contributed by atoms with Gasteiger partial charge in [-0.3, -0.25) is 9.59 Å². The lowest BCUT2D eigenvalue weighted by Crippen LogP contribution is -2.50. The van der Waals surface area contributed by atoms with Gasteiger partial charge in [0.25, 0.3) is 5.91 Å². The normalized spacial score (nSPS) is 14.3. The third kappa shape index (κ3) is 3.13. The van der Waals surface area contributed by atoms with E-state index < -0.39 is 0 Å². The minimum absolute atomic E-state index is 0.0752. The van der Waals surface area contributed by atoms with Gasteiger partial charge in [0.15, 0.2) is 0 Å². The van der Waals surface area contributed by atoms with Crippen LogP contribution in [0, 0.1) is 0 Å². The molecule has 0 bridgehead atoms. The van der Waals surface area contributed by atoms with Gasteiger partial charge in [-0.05, 0) is 24.3 Å². The Morgan fingerprint density at radius 3 is 2.65 bits per heavy atom. The van der Waals surface area contributed by atoms with E-state index >= 15 is 0 Å². The first kappa shape index (κ1) is 16.5. The molecule has 3 aromatic rings. The van der Waals surface area contributed by atoms with Crippen LogP contribution in [0.4, 0.5) is 0 Å². The Morgan fingerprint density at radius 1 is 1.12 bits per heavy atom. The predicted molar refractivity (Wildman–Crippen MR) is 101 cm³/mol. The number of nitrogens with zero attached hydrogens (tertiary/aromatic N) is 2. The predicted octanol–water partition coefficient (Wildman–Crippen LogP) is 3.13. The molecule has 1 fully saturated rings. The van der Waals surface area contributed by atoms with Gasteiger partial charge in [0, 0.05) is 29.1 Å². The van der Waals surface area contributed by atoms with E-state index in [0.29, 0.717) is 29.4 Å². The molecular formula is C20H16ClN3O2. The molecule has 1 aromatic heterocycles. The minimum atomic E-state index is -0.159. The van der Waals surface area contributed by atoms with Gasteiger partial charge in [-0.2, -0.15) is 0 Å². The summed E-state index contributed by atoms with van der Waals surface area (Å²) in [5, 5.41) is 4.16. The van der Waals surface area contributed by atoms with E-state index in [2.05, 4.69) is 10.3 Å². The summed E-state index contributed by atoms with van der Waals surface area (Å²) < 4.78 is 0. The molecule has 0 aliphatic carbocycles. The van der Waals surface area contributed by atoms with Crippen LogP contribution in [0.15, 0.2) is 54.6 Å². The number of piperazine rings is 1. The number of halogens is 1. The number of aromatic nitrogens is 1. The van der Waals surface area contributed by atoms with Crippen LogP contribution in [0.2, 0.25) is 5.02 Å². The van der Waals surface area contributed by atoms with Crippen LogP contribution in [-0.4, -0.2) is 41.3 Å². The summed E-state index contributed by atoms with van der Waals surface area (Å²) >= 11 is 5.97. The number of benzene rings is 2. The molecule has 0 spiro atoms. The lowest BCUT2D eigenvalue weighted by molar-refractivity contribution is -0.123. The lowest BCUT2D eigenvalue weighted by atomic mass is 10.0. The highest BCUT2D eigenvalue weighted by atomic mass is 35.5. The van der Waals surface area contributed by atoms with Gasteiger partial charge in [-0.1, -0.05) is 41.9 Å². The summed E-state index contributed by atoms with van der Waals surface area (Å²) in [4.78, 5) is 31.0. The highest BCUT2D eigenvalue weighted by Crippen LogP contribution is 2.27. The first-order valence-corrected chi connectivity index (χ1v) is 8.71. The van der Waals surface area contributed by atoms with Crippen molar-refractivity contribution in [3.63, 3.8) is 0 Å². The molecule has 130 valence electrons. The van der Waals surface area contributed by atoms with Crippen molar-refractivity contribution in [1.29, 1.82) is 0 Å². The SMILES string of the molecule is O=C1CN(C(=O)c2cc(-c3ccc(Cl)cc3)nc3ccccc23)CCN1. The van der Waals surface area contributed by atoms with E-state index in [1.165, 1.54) is 0 Å². The van der Waals surface area contributed by atoms with Gasteiger partial charge in [0.2, 0.25) is 5.91 Å². The van der Waals surface area contributed by atoms with Crippen molar-refractivity contribution in [3.05, 3.63) is 65.2 Å². The van der Waals surface area contributed by atoms with Gasteiger partial charge in [0.05, 0.1) is 23.3 Å². The summed E-state index contributed by atoms with van der Waals surface area (Å²) in [5.41, 5.74) is 2.87. The van der Waals surface area contributed by atoms with E-state index in [1.807, 2.05) is 36.4 Å². The second-order valence-electron chi connectivity index (χ2n) is 6.16. The number of fused-ring (bicyclic) bond motifs is 1. The van der Waals surface area contributed by atoms with Gasteiger partial charge >= 0.3 is 0 Å². The van der Waals surface area contributed by atoms with Gasteiger partial charge in [-0.25, -0.2) is 4.98 Å². The number of hydrogen-bond donors (Lipinski definition) is 1. The largest absolute Gasteiger partial charge is 0.353 e. The molecule has 26 heavy (non-hydrogen) atoms. The highest BCUT2D eigenvalue weighted by molar-refractivity contribution is 6.30. The number of rotatable bonds is 2. The van der Waals surface area contributed by atoms with Crippen LogP contribution in [-0.2, 0) is 4.79 Å². The van der Waals surface area contributed by atoms with Crippen LogP contribution in [0.1, 0.15) is 10.4 Å². The van der Waals surface area contributed by atoms with E-state index in [9.17, 15) is 9.59 Å². The molecule has 5 nitrogen and oxygen atoms in total. The number of hydrogen-bond acceptors (Lipinski definition) is 3. The molecule has 0 unspecified atom stereocenters. The Balaban J connectivity index is 1.83. The zero-order valence-electron chi connectivity index (χ0n) is 13.9. The maximum absolute atomic E-state index is 13.1. The Morgan fingerprint density at radius 2 is 1.88 bits per heavy atom. The third-order valence-electron chi connectivity index (χ3n) is 4.41. The molecule has 0 atom stereocenters. The van der Waals surface area contributed by atoms with Crippen molar-refractivity contribution >= 4 is 34.3 Å². The molecule has 4 rings (SSSR count). The molecule has 1 aliphatic rings. The fourth-order valence-corrected chi connectivity index (χ4v) is 3.23. The molecule has 1 saturated heterocycles. The van der Waals surface area contributed by atoms with Gasteiger partial charge in [-0.15, -0.1) is 0 Å². The number of nitrogens with one attached hydrogen (secondary N) is 1. The Kier molecular flexibility index (Phi) is 4.31. The van der Waals surface area contributed by atoms with Crippen molar-refractivity contribution in [1.82, 2.24) is 15.2 Å². The Labute approximate surface area is 155 Å². The topological polar surface area (TPSA) is 62.3 Å². The molecule has 1 aliphatic heterocycles. The van der Waals surface area contributed by atoms with Crippen molar-refractivity contribution in [2.24, 2.45) is 0 Å². The second-order valence-corrected chi connectivity index (χ2v) is 6.59. The Bertz CT molecular complexity index is 1000. The molecule has 2 heterocycles. The molecule has 2 aromatic carbocycles. The zero-order chi connectivity index (χ0) is 18.1. The van der Waals surface area contributed by atoms with E-state index in [1.54, 1.807) is 23.1 Å². The quantitative estimate of drug-likeness (QED) is 0.759. The van der Waals surface area contributed by atoms with Crippen LogP contribution in [0.25, 0.3) is 22.2 Å². The average molecular weight is 366 g/mol. The molecular weight excluding hydrogens is 350 g/mol. The first-order chi connectivity index (χ1) is 12.6. The number of carbonyl (C=O) groups is 2. The molecule has 1 N–H and O–H groups in total. The van der Waals surface area contributed by atoms with Crippen LogP contribution in [0.3, 0.4) is 0 Å². The minimum Gasteiger partial charge on any atom is -0.353 e. The lowest BCUT2D eigenvalue weighted by Gasteiger charge is -2.27. The fraction of sp³-hybridized carbons (Fsp3) is 0.150. The standard InChI is InChI=1S/C20H16ClN3O2/c21-14-7-5-13(6-8-14)18-11-16(15-3-1-2-4-17(15)23-18)20(26)24-10-9-22-19(25)12-24/h1-8,11H,9-10,12H2,(H,22,25). The summed E-state index contributed by atoms with van der Waals surface area (Å²) in [6, 6.07) is 16.7. The smallest absolute Gasteiger partial charge is 0.255 e. The number of para-hydroxylation sites is 1. The highest BCUT2D eigenvalue weighted by Gasteiger charge is 2.24. The Hall–Kier alpha value is -2.92. The molecule has 0 saturated carbocycles. The van der Waals surface area contributed by atoms with Crippen LogP contribution >= 0.6 is 11.6 Å². The van der Waals surface area contributed by atoms with Gasteiger partial charge in [0.1, 0.15) is 0 Å². The maximum atomic E-state index is 13.1. The van der Waals surface area contributed by atoms with Crippen molar-refractivity contribution in [3.8, 4) is 11.3 Å². The van der Waals surface area contributed by atoms with E-state index in [-0.39, 0.29) is 18.4 Å². The zero-order valence-corrected chi connectivity index (χ0v) is 14.7. The van der Waals surface area contributed by atoms with Crippen molar-refractivity contribution in [2.45, 2.75) is 0 Å². The molecule has 0 radical (unpaired) electrons. The monoisotopic (exact) mass is 365 g/mol. The van der Waals surface area contributed by atoms with Crippen molar-refractivity contribution in [2.75, 3.05) is 19.6 Å². The summed E-state index contributed by atoms with van der Waals surface area (Å²) in [7, 11) is 0. The van der Waals surface area contributed by atoms with E-state index in [0.717, 1.165) is 16.5 Å². The van der Waals surface area contributed by atoms with Crippen LogP contribution in [0.5, 0.6) is 0 Å². The maximum Gasteiger partial charge on any atom is 0.255 e. The summed E-state index contributed by atoms with van der Waals surface area (Å²) in [6.07, 6.45) is 0. The van der Waals surface area contributed by atoms with E-state index in [4.69, 9.17) is 11.6 Å². The average Bonchev–Trinajstić information content (AvgIpc) is 2.67.